The minimum Gasteiger partial charge on any atom is -0.493 e. The normalized spacial score (nSPS) is 12.0. The van der Waals surface area contributed by atoms with Gasteiger partial charge in [-0.05, 0) is 48.0 Å². The molecular formula is C27H20ClN3O4S. The van der Waals surface area contributed by atoms with E-state index < -0.39 is 5.91 Å². The molecule has 0 aliphatic carbocycles. The van der Waals surface area contributed by atoms with Gasteiger partial charge in [-0.1, -0.05) is 48.0 Å². The van der Waals surface area contributed by atoms with E-state index in [-0.39, 0.29) is 15.8 Å². The van der Waals surface area contributed by atoms with Crippen molar-refractivity contribution in [1.82, 2.24) is 4.57 Å². The molecule has 9 heteroatoms. The zero-order valence-corrected chi connectivity index (χ0v) is 20.9. The lowest BCUT2D eigenvalue weighted by molar-refractivity contribution is -0.111. The number of para-hydroxylation sites is 2. The second kappa shape index (κ2) is 11.0. The predicted octanol–water partition coefficient (Wildman–Crippen LogP) is 3.71. The first-order chi connectivity index (χ1) is 17.5. The van der Waals surface area contributed by atoms with Crippen LogP contribution in [-0.2, 0) is 4.79 Å². The first-order valence-electron chi connectivity index (χ1n) is 10.7. The zero-order chi connectivity index (χ0) is 25.7. The maximum absolute atomic E-state index is 13.5. The molecule has 4 rings (SSSR count). The van der Waals surface area contributed by atoms with Crippen molar-refractivity contribution in [2.24, 2.45) is 0 Å². The van der Waals surface area contributed by atoms with E-state index in [1.165, 1.54) is 18.8 Å². The quantitative estimate of drug-likeness (QED) is 0.421. The fourth-order valence-corrected chi connectivity index (χ4v) is 4.78. The van der Waals surface area contributed by atoms with E-state index in [1.54, 1.807) is 72.8 Å². The maximum atomic E-state index is 13.5. The van der Waals surface area contributed by atoms with E-state index in [9.17, 15) is 14.9 Å². The molecule has 0 bridgehead atoms. The third-order valence-corrected chi connectivity index (χ3v) is 6.64. The van der Waals surface area contributed by atoms with Gasteiger partial charge in [-0.15, -0.1) is 11.3 Å². The molecule has 7 nitrogen and oxygen atoms in total. The lowest BCUT2D eigenvalue weighted by Crippen LogP contribution is -2.32. The number of nitrogens with zero attached hydrogens (tertiary/aromatic N) is 2. The smallest absolute Gasteiger partial charge is 0.273 e. The minimum atomic E-state index is -0.672. The van der Waals surface area contributed by atoms with Crippen LogP contribution in [-0.4, -0.2) is 24.7 Å². The minimum absolute atomic E-state index is 0.199. The molecule has 1 heterocycles. The Kier molecular flexibility index (Phi) is 7.54. The number of benzene rings is 3. The molecule has 0 unspecified atom stereocenters. The van der Waals surface area contributed by atoms with Crippen LogP contribution in [0.2, 0.25) is 5.02 Å². The second-order valence-electron chi connectivity index (χ2n) is 7.43. The Hall–Kier alpha value is -4.32. The van der Waals surface area contributed by atoms with E-state index in [0.29, 0.717) is 38.0 Å². The van der Waals surface area contributed by atoms with Crippen LogP contribution in [0.4, 0.5) is 5.69 Å². The molecule has 1 aromatic heterocycles. The average molecular weight is 518 g/mol. The van der Waals surface area contributed by atoms with Gasteiger partial charge in [-0.25, -0.2) is 0 Å². The number of amides is 1. The largest absolute Gasteiger partial charge is 0.493 e. The van der Waals surface area contributed by atoms with E-state index in [0.717, 1.165) is 11.3 Å². The zero-order valence-electron chi connectivity index (χ0n) is 19.3. The number of hydrogen-bond donors (Lipinski definition) is 1. The molecule has 36 heavy (non-hydrogen) atoms. The highest BCUT2D eigenvalue weighted by Gasteiger charge is 2.18. The number of aromatic nitrogens is 1. The number of rotatable bonds is 6. The molecule has 180 valence electrons. The van der Waals surface area contributed by atoms with Crippen LogP contribution in [0.5, 0.6) is 11.5 Å². The Morgan fingerprint density at radius 1 is 1.03 bits per heavy atom. The molecule has 4 aromatic rings. The van der Waals surface area contributed by atoms with Crippen LogP contribution in [0.15, 0.2) is 77.6 Å². The summed E-state index contributed by atoms with van der Waals surface area (Å²) < 4.78 is 12.5. The van der Waals surface area contributed by atoms with Crippen LogP contribution in [0.3, 0.4) is 0 Å². The summed E-state index contributed by atoms with van der Waals surface area (Å²) in [5.41, 5.74) is 0.997. The summed E-state index contributed by atoms with van der Waals surface area (Å²) in [4.78, 5) is 26.7. The Morgan fingerprint density at radius 2 is 1.72 bits per heavy atom. The number of methoxy groups -OCH3 is 2. The summed E-state index contributed by atoms with van der Waals surface area (Å²) in [5, 5.41) is 12.9. The van der Waals surface area contributed by atoms with Crippen molar-refractivity contribution in [3.63, 3.8) is 0 Å². The van der Waals surface area contributed by atoms with Gasteiger partial charge in [0, 0.05) is 0 Å². The number of nitrogens with one attached hydrogen (secondary N) is 1. The summed E-state index contributed by atoms with van der Waals surface area (Å²) in [6.45, 7) is 0. The number of anilines is 1. The molecule has 0 radical (unpaired) electrons. The number of carbonyl (C=O) groups is 1. The first-order valence-corrected chi connectivity index (χ1v) is 11.9. The van der Waals surface area contributed by atoms with E-state index >= 15 is 0 Å². The number of halogens is 1. The number of carbonyl (C=O) groups excluding carboxylic acids is 1. The van der Waals surface area contributed by atoms with Gasteiger partial charge in [0.05, 0.1) is 35.1 Å². The van der Waals surface area contributed by atoms with E-state index in [4.69, 9.17) is 21.1 Å². The van der Waals surface area contributed by atoms with Gasteiger partial charge in [0.1, 0.15) is 10.7 Å². The van der Waals surface area contributed by atoms with Gasteiger partial charge in [-0.3, -0.25) is 14.2 Å². The first kappa shape index (κ1) is 24.8. The highest BCUT2D eigenvalue weighted by Crippen LogP contribution is 2.27. The van der Waals surface area contributed by atoms with Gasteiger partial charge in [0.15, 0.2) is 17.1 Å². The third-order valence-electron chi connectivity index (χ3n) is 5.22. The average Bonchev–Trinajstić information content (AvgIpc) is 3.21. The van der Waals surface area contributed by atoms with Crippen molar-refractivity contribution in [2.75, 3.05) is 19.5 Å². The molecule has 0 saturated carbocycles. The Morgan fingerprint density at radius 3 is 2.39 bits per heavy atom. The van der Waals surface area contributed by atoms with Crippen molar-refractivity contribution in [3.05, 3.63) is 103 Å². The summed E-state index contributed by atoms with van der Waals surface area (Å²) in [5.74, 6) is 0.392. The summed E-state index contributed by atoms with van der Waals surface area (Å²) in [6.07, 6.45) is 1.68. The van der Waals surface area contributed by atoms with Crippen LogP contribution in [0, 0.1) is 11.3 Å². The lowest BCUT2D eigenvalue weighted by Gasteiger charge is -2.07. The summed E-state index contributed by atoms with van der Waals surface area (Å²) >= 11 is 7.22. The van der Waals surface area contributed by atoms with Crippen LogP contribution in [0.25, 0.3) is 17.3 Å². The van der Waals surface area contributed by atoms with Gasteiger partial charge in [0.25, 0.3) is 11.5 Å². The number of nitriles is 1. The molecule has 1 N–H and O–H groups in total. The van der Waals surface area contributed by atoms with Crippen LogP contribution < -0.4 is 29.5 Å². The number of thiazole rings is 1. The monoisotopic (exact) mass is 517 g/mol. The number of ether oxygens (including phenoxy) is 2. The van der Waals surface area contributed by atoms with Gasteiger partial charge in [0.2, 0.25) is 0 Å². The second-order valence-corrected chi connectivity index (χ2v) is 8.86. The van der Waals surface area contributed by atoms with Gasteiger partial charge in [-0.2, -0.15) is 5.26 Å². The topological polar surface area (TPSA) is 93.4 Å². The summed E-state index contributed by atoms with van der Waals surface area (Å²) in [6, 6.07) is 22.8. The molecule has 3 aromatic carbocycles. The van der Waals surface area contributed by atoms with Crippen molar-refractivity contribution in [1.29, 1.82) is 5.26 Å². The fraction of sp³-hybridized carbons (Fsp3) is 0.0741. The Bertz CT molecular complexity index is 1650. The van der Waals surface area contributed by atoms with E-state index in [1.807, 2.05) is 12.1 Å². The highest BCUT2D eigenvalue weighted by molar-refractivity contribution is 7.07. The fourth-order valence-electron chi connectivity index (χ4n) is 3.50. The van der Waals surface area contributed by atoms with Crippen LogP contribution in [0.1, 0.15) is 5.56 Å². The maximum Gasteiger partial charge on any atom is 0.273 e. The summed E-state index contributed by atoms with van der Waals surface area (Å²) in [7, 11) is 3.07. The van der Waals surface area contributed by atoms with E-state index in [2.05, 4.69) is 5.32 Å². The molecule has 0 aliphatic heterocycles. The molecule has 0 aliphatic rings. The van der Waals surface area contributed by atoms with Crippen molar-refractivity contribution in [2.45, 2.75) is 0 Å². The van der Waals surface area contributed by atoms with Crippen molar-refractivity contribution < 1.29 is 14.3 Å². The molecule has 0 saturated heterocycles. The molecule has 0 fully saturated rings. The van der Waals surface area contributed by atoms with Crippen LogP contribution >= 0.6 is 22.9 Å². The molecule has 1 amide bonds. The third kappa shape index (κ3) is 5.03. The molecular weight excluding hydrogens is 498 g/mol. The van der Waals surface area contributed by atoms with Crippen molar-refractivity contribution in [3.8, 4) is 23.3 Å². The SMILES string of the molecule is COc1ccc(/C=c2/s/c(=C(/C#N)C(=O)Nc3ccccc3Cl)n(-c3ccccc3)c2=O)cc1OC. The predicted molar refractivity (Wildman–Crippen MR) is 141 cm³/mol. The molecule has 0 spiro atoms. The lowest BCUT2D eigenvalue weighted by atomic mass is 10.2. The highest BCUT2D eigenvalue weighted by atomic mass is 35.5. The standard InChI is InChI=1S/C27H20ClN3O4S/c1-34-22-13-12-17(14-23(22)35-2)15-24-26(33)31(18-8-4-3-5-9-18)27(36-24)19(16-29)25(32)30-21-11-7-6-10-20(21)28/h3-15H,1-2H3,(H,30,32)/b24-15+,27-19-. The molecule has 0 atom stereocenters. The van der Waals surface area contributed by atoms with Gasteiger partial charge >= 0.3 is 0 Å². The number of hydrogen-bond acceptors (Lipinski definition) is 6. The van der Waals surface area contributed by atoms with Crippen molar-refractivity contribution >= 4 is 46.2 Å². The van der Waals surface area contributed by atoms with Gasteiger partial charge < -0.3 is 14.8 Å². The Labute approximate surface area is 215 Å². The Balaban J connectivity index is 1.95.